The summed E-state index contributed by atoms with van der Waals surface area (Å²) in [5.41, 5.74) is -0.842. The zero-order valence-corrected chi connectivity index (χ0v) is 10.8. The van der Waals surface area contributed by atoms with Gasteiger partial charge >= 0.3 is 11.7 Å². The molecule has 20 heavy (non-hydrogen) atoms. The summed E-state index contributed by atoms with van der Waals surface area (Å²) < 4.78 is 13.4. The van der Waals surface area contributed by atoms with Gasteiger partial charge in [0, 0.05) is 17.7 Å². The van der Waals surface area contributed by atoms with Crippen molar-refractivity contribution in [3.05, 3.63) is 39.7 Å². The average Bonchev–Trinajstić information content (AvgIpc) is 2.36. The lowest BCUT2D eigenvalue weighted by molar-refractivity contribution is -0.387. The van der Waals surface area contributed by atoms with Gasteiger partial charge in [-0.05, 0) is 26.0 Å². The summed E-state index contributed by atoms with van der Waals surface area (Å²) in [5, 5.41) is 21.6. The second-order valence-electron chi connectivity index (χ2n) is 4.31. The maximum Gasteiger partial charge on any atom is 0.308 e. The van der Waals surface area contributed by atoms with Gasteiger partial charge < -0.3 is 10.4 Å². The standard InChI is InChI=1S/C12H13FN2O5/c1-6(12(17)18)7(2)14-11(16)8-3-4-10(15(19)20)9(13)5-8/h3-7H,1-2H3,(H,14,16)(H,17,18). The molecule has 8 heteroatoms. The highest BCUT2D eigenvalue weighted by Crippen LogP contribution is 2.18. The van der Waals surface area contributed by atoms with E-state index in [0.29, 0.717) is 0 Å². The molecule has 1 amide bonds. The van der Waals surface area contributed by atoms with E-state index in [1.165, 1.54) is 13.8 Å². The smallest absolute Gasteiger partial charge is 0.308 e. The number of hydrogen-bond donors (Lipinski definition) is 2. The van der Waals surface area contributed by atoms with Crippen molar-refractivity contribution in [2.45, 2.75) is 19.9 Å². The summed E-state index contributed by atoms with van der Waals surface area (Å²) in [4.78, 5) is 32.1. The molecule has 1 rings (SSSR count). The summed E-state index contributed by atoms with van der Waals surface area (Å²) >= 11 is 0. The molecular formula is C12H13FN2O5. The van der Waals surface area contributed by atoms with Crippen molar-refractivity contribution in [2.75, 3.05) is 0 Å². The van der Waals surface area contributed by atoms with Crippen molar-refractivity contribution >= 4 is 17.6 Å². The topological polar surface area (TPSA) is 110 Å². The van der Waals surface area contributed by atoms with Crippen LogP contribution in [0.1, 0.15) is 24.2 Å². The molecule has 2 N–H and O–H groups in total. The van der Waals surface area contributed by atoms with Gasteiger partial charge in [0.1, 0.15) is 0 Å². The first-order valence-corrected chi connectivity index (χ1v) is 5.71. The van der Waals surface area contributed by atoms with Gasteiger partial charge in [0.05, 0.1) is 10.8 Å². The fourth-order valence-corrected chi connectivity index (χ4v) is 1.43. The largest absolute Gasteiger partial charge is 0.481 e. The molecule has 0 fully saturated rings. The fraction of sp³-hybridized carbons (Fsp3) is 0.333. The van der Waals surface area contributed by atoms with Crippen LogP contribution in [0, 0.1) is 21.8 Å². The molecule has 0 aliphatic carbocycles. The minimum atomic E-state index is -1.12. The Balaban J connectivity index is 2.86. The van der Waals surface area contributed by atoms with Crippen molar-refractivity contribution < 1.29 is 24.0 Å². The van der Waals surface area contributed by atoms with E-state index in [1.807, 2.05) is 0 Å². The molecule has 0 saturated heterocycles. The van der Waals surface area contributed by atoms with Crippen LogP contribution in [-0.4, -0.2) is 27.9 Å². The number of rotatable bonds is 5. The fourth-order valence-electron chi connectivity index (χ4n) is 1.43. The molecule has 0 heterocycles. The van der Waals surface area contributed by atoms with E-state index in [2.05, 4.69) is 5.32 Å². The molecule has 0 radical (unpaired) electrons. The monoisotopic (exact) mass is 284 g/mol. The minimum Gasteiger partial charge on any atom is -0.481 e. The highest BCUT2D eigenvalue weighted by molar-refractivity contribution is 5.94. The zero-order chi connectivity index (χ0) is 15.4. The van der Waals surface area contributed by atoms with E-state index in [9.17, 15) is 24.1 Å². The molecular weight excluding hydrogens is 271 g/mol. The number of halogens is 1. The van der Waals surface area contributed by atoms with Crippen LogP contribution < -0.4 is 5.32 Å². The number of nitro benzene ring substituents is 1. The Morgan fingerprint density at radius 3 is 2.45 bits per heavy atom. The normalized spacial score (nSPS) is 13.3. The number of nitrogens with one attached hydrogen (secondary N) is 1. The molecule has 0 bridgehead atoms. The van der Waals surface area contributed by atoms with E-state index in [1.54, 1.807) is 0 Å². The number of nitrogens with zero attached hydrogens (tertiary/aromatic N) is 1. The number of benzene rings is 1. The highest BCUT2D eigenvalue weighted by Gasteiger charge is 2.22. The summed E-state index contributed by atoms with van der Waals surface area (Å²) in [6.07, 6.45) is 0. The molecule has 1 aromatic rings. The molecule has 0 aliphatic heterocycles. The third-order valence-corrected chi connectivity index (χ3v) is 2.90. The maximum absolute atomic E-state index is 13.4. The van der Waals surface area contributed by atoms with E-state index >= 15 is 0 Å². The molecule has 7 nitrogen and oxygen atoms in total. The minimum absolute atomic E-state index is 0.113. The van der Waals surface area contributed by atoms with E-state index < -0.39 is 40.3 Å². The maximum atomic E-state index is 13.4. The van der Waals surface area contributed by atoms with Gasteiger partial charge in [-0.3, -0.25) is 19.7 Å². The van der Waals surface area contributed by atoms with Crippen LogP contribution >= 0.6 is 0 Å². The number of carbonyl (C=O) groups is 2. The third kappa shape index (κ3) is 3.50. The lowest BCUT2D eigenvalue weighted by Crippen LogP contribution is -2.40. The molecule has 2 unspecified atom stereocenters. The molecule has 0 spiro atoms. The van der Waals surface area contributed by atoms with Crippen molar-refractivity contribution in [3.8, 4) is 0 Å². The number of carbonyl (C=O) groups excluding carboxylic acids is 1. The van der Waals surface area contributed by atoms with E-state index in [-0.39, 0.29) is 5.56 Å². The van der Waals surface area contributed by atoms with Crippen molar-refractivity contribution in [1.82, 2.24) is 5.32 Å². The lowest BCUT2D eigenvalue weighted by atomic mass is 10.0. The Bertz CT molecular complexity index is 561. The van der Waals surface area contributed by atoms with Gasteiger partial charge in [0.2, 0.25) is 5.82 Å². The van der Waals surface area contributed by atoms with E-state index in [4.69, 9.17) is 5.11 Å². The Hall–Kier alpha value is -2.51. The Labute approximate surface area is 113 Å². The van der Waals surface area contributed by atoms with Gasteiger partial charge in [-0.15, -0.1) is 0 Å². The molecule has 0 aliphatic rings. The molecule has 0 aromatic heterocycles. The first-order chi connectivity index (χ1) is 9.23. The zero-order valence-electron chi connectivity index (χ0n) is 10.8. The Morgan fingerprint density at radius 1 is 1.40 bits per heavy atom. The summed E-state index contributed by atoms with van der Waals surface area (Å²) in [6.45, 7) is 2.92. The van der Waals surface area contributed by atoms with Gasteiger partial charge in [-0.2, -0.15) is 4.39 Å². The van der Waals surface area contributed by atoms with Crippen LogP contribution in [0.2, 0.25) is 0 Å². The quantitative estimate of drug-likeness (QED) is 0.630. The number of nitro groups is 1. The third-order valence-electron chi connectivity index (χ3n) is 2.90. The summed E-state index contributed by atoms with van der Waals surface area (Å²) in [6, 6.07) is 2.06. The Morgan fingerprint density at radius 2 is 2.00 bits per heavy atom. The van der Waals surface area contributed by atoms with Crippen LogP contribution in [0.5, 0.6) is 0 Å². The van der Waals surface area contributed by atoms with Crippen molar-refractivity contribution in [3.63, 3.8) is 0 Å². The van der Waals surface area contributed by atoms with Crippen LogP contribution in [0.3, 0.4) is 0 Å². The molecule has 1 aromatic carbocycles. The van der Waals surface area contributed by atoms with Gasteiger partial charge in [0.15, 0.2) is 0 Å². The van der Waals surface area contributed by atoms with Crippen LogP contribution in [0.15, 0.2) is 18.2 Å². The van der Waals surface area contributed by atoms with Gasteiger partial charge in [-0.25, -0.2) is 0 Å². The second kappa shape index (κ2) is 6.09. The van der Waals surface area contributed by atoms with Crippen molar-refractivity contribution in [2.24, 2.45) is 5.92 Å². The second-order valence-corrected chi connectivity index (χ2v) is 4.31. The van der Waals surface area contributed by atoms with Gasteiger partial charge in [0.25, 0.3) is 5.91 Å². The van der Waals surface area contributed by atoms with Gasteiger partial charge in [-0.1, -0.05) is 0 Å². The van der Waals surface area contributed by atoms with Crippen LogP contribution in [-0.2, 0) is 4.79 Å². The highest BCUT2D eigenvalue weighted by atomic mass is 19.1. The summed E-state index contributed by atoms with van der Waals surface area (Å²) in [5.74, 6) is -3.71. The number of aliphatic carboxylic acids is 1. The average molecular weight is 284 g/mol. The van der Waals surface area contributed by atoms with Crippen LogP contribution in [0.4, 0.5) is 10.1 Å². The molecule has 2 atom stereocenters. The van der Waals surface area contributed by atoms with E-state index in [0.717, 1.165) is 18.2 Å². The number of carboxylic acid groups (broad SMARTS) is 1. The SMILES string of the molecule is CC(NC(=O)c1ccc([N+](=O)[O-])c(F)c1)C(C)C(=O)O. The molecule has 0 saturated carbocycles. The number of carboxylic acids is 1. The summed E-state index contributed by atoms with van der Waals surface area (Å²) in [7, 11) is 0. The predicted octanol–water partition coefficient (Wildman–Crippen LogP) is 1.57. The van der Waals surface area contributed by atoms with Crippen molar-refractivity contribution in [1.29, 1.82) is 0 Å². The van der Waals surface area contributed by atoms with Crippen LogP contribution in [0.25, 0.3) is 0 Å². The Kier molecular flexibility index (Phi) is 4.73. The number of amides is 1. The molecule has 108 valence electrons. The first-order valence-electron chi connectivity index (χ1n) is 5.71. The lowest BCUT2D eigenvalue weighted by Gasteiger charge is -2.17. The number of hydrogen-bond acceptors (Lipinski definition) is 4. The first kappa shape index (κ1) is 15.5. The predicted molar refractivity (Wildman–Crippen MR) is 66.8 cm³/mol.